The summed E-state index contributed by atoms with van der Waals surface area (Å²) in [6.07, 6.45) is 0. The lowest BCUT2D eigenvalue weighted by Crippen LogP contribution is -2.07. The number of hydrogen-bond acceptors (Lipinski definition) is 4. The maximum atomic E-state index is 5.95. The highest BCUT2D eigenvalue weighted by Crippen LogP contribution is 2.31. The van der Waals surface area contributed by atoms with Gasteiger partial charge in [0.15, 0.2) is 0 Å². The van der Waals surface area contributed by atoms with Crippen molar-refractivity contribution in [1.82, 2.24) is 0 Å². The van der Waals surface area contributed by atoms with Crippen LogP contribution in [0.25, 0.3) is 22.3 Å². The van der Waals surface area contributed by atoms with Gasteiger partial charge in [-0.25, -0.2) is 0 Å². The van der Waals surface area contributed by atoms with Crippen molar-refractivity contribution in [2.24, 2.45) is 4.99 Å². The molecule has 0 aliphatic rings. The van der Waals surface area contributed by atoms with E-state index in [-0.39, 0.29) is 12.4 Å². The number of furan rings is 1. The Morgan fingerprint density at radius 3 is 2.41 bits per heavy atom. The Labute approximate surface area is 140 Å². The van der Waals surface area contributed by atoms with E-state index >= 15 is 0 Å². The number of isothiocyanates is 1. The van der Waals surface area contributed by atoms with Gasteiger partial charge in [-0.05, 0) is 54.7 Å². The summed E-state index contributed by atoms with van der Waals surface area (Å²) in [6.45, 7) is 0. The number of nitrogens with zero attached hydrogens (tertiary/aromatic N) is 2. The Kier molecular flexibility index (Phi) is 4.99. The van der Waals surface area contributed by atoms with Crippen LogP contribution >= 0.6 is 24.6 Å². The first-order chi connectivity index (χ1) is 10.2. The second kappa shape index (κ2) is 6.75. The predicted octanol–water partition coefficient (Wildman–Crippen LogP) is 5.32. The number of aliphatic imine (C=N–C) groups is 1. The van der Waals surface area contributed by atoms with Gasteiger partial charge in [-0.3, -0.25) is 0 Å². The van der Waals surface area contributed by atoms with Crippen molar-refractivity contribution in [3.63, 3.8) is 0 Å². The maximum Gasteiger partial charge on any atom is 0.136 e. The number of thiocarbonyl (C=S) groups is 1. The molecule has 0 saturated carbocycles. The molecule has 0 fully saturated rings. The average molecular weight is 331 g/mol. The maximum absolute atomic E-state index is 5.95. The van der Waals surface area contributed by atoms with Gasteiger partial charge in [0.2, 0.25) is 0 Å². The molecule has 0 spiro atoms. The minimum absolute atomic E-state index is 0. The van der Waals surface area contributed by atoms with Crippen LogP contribution in [0.3, 0.4) is 0 Å². The second-order valence-electron chi connectivity index (χ2n) is 4.98. The fourth-order valence-electron chi connectivity index (χ4n) is 2.19. The lowest BCUT2D eigenvalue weighted by atomic mass is 10.1. The van der Waals surface area contributed by atoms with Crippen molar-refractivity contribution in [3.8, 4) is 11.3 Å². The molecule has 0 atom stereocenters. The van der Waals surface area contributed by atoms with E-state index in [1.54, 1.807) is 0 Å². The molecule has 3 rings (SSSR count). The standard InChI is InChI=1S/C17H14N2OS.ClH/c1-19(2)15-8-5-13-9-16(20-17(13)10-15)12-3-6-14(7-4-12)18-11-21;/h3-10H,1-2H3;1H. The first kappa shape index (κ1) is 16.2. The van der Waals surface area contributed by atoms with E-state index in [0.29, 0.717) is 0 Å². The number of rotatable bonds is 3. The first-order valence-electron chi connectivity index (χ1n) is 6.56. The first-order valence-corrected chi connectivity index (χ1v) is 6.97. The van der Waals surface area contributed by atoms with Crippen molar-refractivity contribution >= 4 is 52.1 Å². The Morgan fingerprint density at radius 2 is 1.77 bits per heavy atom. The molecule has 3 aromatic rings. The Morgan fingerprint density at radius 1 is 1.05 bits per heavy atom. The van der Waals surface area contributed by atoms with Crippen LogP contribution in [0, 0.1) is 0 Å². The summed E-state index contributed by atoms with van der Waals surface area (Å²) in [4.78, 5) is 6.00. The summed E-state index contributed by atoms with van der Waals surface area (Å²) in [5.41, 5.74) is 3.81. The van der Waals surface area contributed by atoms with Crippen molar-refractivity contribution < 1.29 is 4.42 Å². The minimum Gasteiger partial charge on any atom is -0.456 e. The van der Waals surface area contributed by atoms with E-state index in [9.17, 15) is 0 Å². The third-order valence-corrected chi connectivity index (χ3v) is 3.44. The average Bonchev–Trinajstić information content (AvgIpc) is 2.91. The summed E-state index contributed by atoms with van der Waals surface area (Å²) in [7, 11) is 4.03. The lowest BCUT2D eigenvalue weighted by molar-refractivity contribution is 0.631. The Hall–Kier alpha value is -2.13. The molecule has 3 nitrogen and oxygen atoms in total. The van der Waals surface area contributed by atoms with Gasteiger partial charge in [0.1, 0.15) is 11.3 Å². The Balaban J connectivity index is 0.00000176. The third kappa shape index (κ3) is 3.20. The van der Waals surface area contributed by atoms with E-state index in [2.05, 4.69) is 39.4 Å². The fraction of sp³-hybridized carbons (Fsp3) is 0.118. The number of halogens is 1. The summed E-state index contributed by atoms with van der Waals surface area (Å²) in [5, 5.41) is 3.46. The van der Waals surface area contributed by atoms with Crippen molar-refractivity contribution in [2.75, 3.05) is 19.0 Å². The molecule has 22 heavy (non-hydrogen) atoms. The quantitative estimate of drug-likeness (QED) is 0.480. The van der Waals surface area contributed by atoms with Crippen LogP contribution in [-0.2, 0) is 0 Å². The summed E-state index contributed by atoms with van der Waals surface area (Å²) < 4.78 is 5.95. The SMILES string of the molecule is CN(C)c1ccc2cc(-c3ccc(N=C=S)cc3)oc2c1.Cl. The highest BCUT2D eigenvalue weighted by molar-refractivity contribution is 7.78. The van der Waals surface area contributed by atoms with Gasteiger partial charge >= 0.3 is 0 Å². The molecular formula is C17H15ClN2OS. The smallest absolute Gasteiger partial charge is 0.136 e. The molecule has 0 N–H and O–H groups in total. The molecule has 0 aliphatic carbocycles. The molecule has 0 unspecified atom stereocenters. The van der Waals surface area contributed by atoms with Crippen LogP contribution in [0.15, 0.2) is 57.9 Å². The van der Waals surface area contributed by atoms with E-state index in [1.165, 1.54) is 0 Å². The van der Waals surface area contributed by atoms with Crippen LogP contribution in [0.4, 0.5) is 11.4 Å². The van der Waals surface area contributed by atoms with Gasteiger partial charge in [0, 0.05) is 36.8 Å². The molecule has 112 valence electrons. The van der Waals surface area contributed by atoms with E-state index in [1.807, 2.05) is 50.5 Å². The van der Waals surface area contributed by atoms with Gasteiger partial charge in [0.25, 0.3) is 0 Å². The number of benzene rings is 2. The number of hydrogen-bond donors (Lipinski definition) is 0. The van der Waals surface area contributed by atoms with E-state index < -0.39 is 0 Å². The monoisotopic (exact) mass is 330 g/mol. The van der Waals surface area contributed by atoms with Gasteiger partial charge in [0.05, 0.1) is 10.8 Å². The molecule has 1 aromatic heterocycles. The molecule has 5 heteroatoms. The van der Waals surface area contributed by atoms with Gasteiger partial charge in [-0.15, -0.1) is 12.4 Å². The van der Waals surface area contributed by atoms with Crippen LogP contribution in [0.1, 0.15) is 0 Å². The highest BCUT2D eigenvalue weighted by Gasteiger charge is 2.07. The lowest BCUT2D eigenvalue weighted by Gasteiger charge is -2.11. The predicted molar refractivity (Wildman–Crippen MR) is 97.9 cm³/mol. The molecule has 2 aromatic carbocycles. The third-order valence-electron chi connectivity index (χ3n) is 3.35. The van der Waals surface area contributed by atoms with Crippen LogP contribution in [0.5, 0.6) is 0 Å². The van der Waals surface area contributed by atoms with Gasteiger partial charge in [-0.2, -0.15) is 4.99 Å². The number of fused-ring (bicyclic) bond motifs is 1. The molecule has 0 amide bonds. The molecular weight excluding hydrogens is 316 g/mol. The number of anilines is 1. The van der Waals surface area contributed by atoms with Crippen LogP contribution < -0.4 is 4.90 Å². The summed E-state index contributed by atoms with van der Waals surface area (Å²) in [6, 6.07) is 16.0. The van der Waals surface area contributed by atoms with E-state index in [0.717, 1.165) is 33.7 Å². The topological polar surface area (TPSA) is 28.7 Å². The molecule has 0 bridgehead atoms. The summed E-state index contributed by atoms with van der Waals surface area (Å²) >= 11 is 4.60. The van der Waals surface area contributed by atoms with Crippen molar-refractivity contribution in [1.29, 1.82) is 0 Å². The minimum atomic E-state index is 0. The normalized spacial score (nSPS) is 9.91. The van der Waals surface area contributed by atoms with E-state index in [4.69, 9.17) is 4.42 Å². The van der Waals surface area contributed by atoms with Gasteiger partial charge < -0.3 is 9.32 Å². The highest BCUT2D eigenvalue weighted by atomic mass is 35.5. The van der Waals surface area contributed by atoms with Crippen molar-refractivity contribution in [2.45, 2.75) is 0 Å². The van der Waals surface area contributed by atoms with Gasteiger partial charge in [-0.1, -0.05) is 0 Å². The summed E-state index contributed by atoms with van der Waals surface area (Å²) in [5.74, 6) is 0.846. The Bertz CT molecular complexity index is 833. The zero-order chi connectivity index (χ0) is 14.8. The fourth-order valence-corrected chi connectivity index (χ4v) is 2.30. The molecule has 0 saturated heterocycles. The zero-order valence-corrected chi connectivity index (χ0v) is 13.9. The molecule has 1 heterocycles. The molecule has 0 radical (unpaired) electrons. The van der Waals surface area contributed by atoms with Crippen LogP contribution in [-0.4, -0.2) is 19.3 Å². The van der Waals surface area contributed by atoms with Crippen molar-refractivity contribution in [3.05, 3.63) is 48.5 Å². The zero-order valence-electron chi connectivity index (χ0n) is 12.2. The molecule has 0 aliphatic heterocycles. The second-order valence-corrected chi connectivity index (χ2v) is 5.16. The van der Waals surface area contributed by atoms with Crippen LogP contribution in [0.2, 0.25) is 0 Å². The largest absolute Gasteiger partial charge is 0.456 e.